The van der Waals surface area contributed by atoms with E-state index in [9.17, 15) is 13.2 Å². The molecule has 2 atom stereocenters. The molecule has 2 unspecified atom stereocenters. The van der Waals surface area contributed by atoms with Crippen LogP contribution in [0.4, 0.5) is 0 Å². The van der Waals surface area contributed by atoms with Gasteiger partial charge in [-0.15, -0.1) is 0 Å². The van der Waals surface area contributed by atoms with Crippen LogP contribution in [0.3, 0.4) is 0 Å². The van der Waals surface area contributed by atoms with Crippen LogP contribution in [-0.2, 0) is 25.6 Å². The average Bonchev–Trinajstić information content (AvgIpc) is 3.07. The summed E-state index contributed by atoms with van der Waals surface area (Å²) in [5.41, 5.74) is 5.90. The van der Waals surface area contributed by atoms with Crippen molar-refractivity contribution in [2.75, 3.05) is 19.9 Å². The van der Waals surface area contributed by atoms with Crippen molar-refractivity contribution >= 4 is 21.6 Å². The maximum atomic E-state index is 13.5. The van der Waals surface area contributed by atoms with E-state index in [1.807, 2.05) is 54.4 Å². The van der Waals surface area contributed by atoms with E-state index in [0.29, 0.717) is 13.0 Å². The molecule has 2 aliphatic rings. The van der Waals surface area contributed by atoms with Gasteiger partial charge in [-0.2, -0.15) is 8.42 Å². The predicted octanol–water partition coefficient (Wildman–Crippen LogP) is 4.36. The van der Waals surface area contributed by atoms with E-state index >= 15 is 0 Å². The number of fused-ring (bicyclic) bond motifs is 2. The second kappa shape index (κ2) is 8.97. The summed E-state index contributed by atoms with van der Waals surface area (Å²) in [6, 6.07) is 18.3. The first-order chi connectivity index (χ1) is 14.8. The van der Waals surface area contributed by atoms with Crippen molar-refractivity contribution in [2.45, 2.75) is 38.1 Å². The molecule has 0 fully saturated rings. The zero-order valence-corrected chi connectivity index (χ0v) is 18.9. The van der Waals surface area contributed by atoms with Gasteiger partial charge < -0.3 is 4.90 Å². The van der Waals surface area contributed by atoms with E-state index in [-0.39, 0.29) is 24.3 Å². The fourth-order valence-electron chi connectivity index (χ4n) is 5.05. The van der Waals surface area contributed by atoms with Crippen molar-refractivity contribution in [3.05, 3.63) is 76.9 Å². The Morgan fingerprint density at radius 1 is 1.10 bits per heavy atom. The molecule has 164 valence electrons. The van der Waals surface area contributed by atoms with Gasteiger partial charge in [0, 0.05) is 19.5 Å². The quantitative estimate of drug-likeness (QED) is 0.601. The van der Waals surface area contributed by atoms with Crippen LogP contribution < -0.4 is 0 Å². The third-order valence-corrected chi connectivity index (χ3v) is 6.92. The number of allylic oxidation sites excluding steroid dienone is 1. The normalized spacial score (nSPS) is 20.3. The Morgan fingerprint density at radius 2 is 1.81 bits per heavy atom. The van der Waals surface area contributed by atoms with Crippen molar-refractivity contribution in [2.24, 2.45) is 5.92 Å². The lowest BCUT2D eigenvalue weighted by atomic mass is 9.79. The molecular formula is C25H29NO4S. The number of benzene rings is 2. The molecule has 2 aromatic carbocycles. The highest BCUT2D eigenvalue weighted by Crippen LogP contribution is 2.52. The molecule has 1 amide bonds. The molecule has 0 N–H and O–H groups in total. The van der Waals surface area contributed by atoms with E-state index in [1.54, 1.807) is 0 Å². The van der Waals surface area contributed by atoms with Gasteiger partial charge in [0.15, 0.2) is 0 Å². The van der Waals surface area contributed by atoms with E-state index in [4.69, 9.17) is 4.18 Å². The summed E-state index contributed by atoms with van der Waals surface area (Å²) in [7, 11) is -1.59. The van der Waals surface area contributed by atoms with E-state index in [1.165, 1.54) is 11.1 Å². The Bertz CT molecular complexity index is 1090. The van der Waals surface area contributed by atoms with Crippen LogP contribution in [0.1, 0.15) is 48.3 Å². The zero-order chi connectivity index (χ0) is 22.0. The zero-order valence-electron chi connectivity index (χ0n) is 18.1. The number of carbonyl (C=O) groups excluding carboxylic acids is 1. The molecule has 6 heteroatoms. The Balaban J connectivity index is 1.60. The molecule has 0 radical (unpaired) electrons. The second-order valence-corrected chi connectivity index (χ2v) is 10.2. The van der Waals surface area contributed by atoms with E-state index in [2.05, 4.69) is 12.1 Å². The molecule has 31 heavy (non-hydrogen) atoms. The van der Waals surface area contributed by atoms with Crippen molar-refractivity contribution in [1.29, 1.82) is 0 Å². The number of nitrogens with zero attached hydrogens (tertiary/aromatic N) is 1. The first-order valence-corrected chi connectivity index (χ1v) is 12.6. The maximum Gasteiger partial charge on any atom is 0.264 e. The molecule has 0 aliphatic heterocycles. The largest absolute Gasteiger partial charge is 0.341 e. The Morgan fingerprint density at radius 3 is 2.55 bits per heavy atom. The monoisotopic (exact) mass is 439 g/mol. The van der Waals surface area contributed by atoms with E-state index in [0.717, 1.165) is 42.2 Å². The third-order valence-electron chi connectivity index (χ3n) is 6.32. The number of hydrogen-bond acceptors (Lipinski definition) is 4. The number of amides is 1. The van der Waals surface area contributed by atoms with Gasteiger partial charge in [0.25, 0.3) is 10.1 Å². The van der Waals surface area contributed by atoms with Crippen molar-refractivity contribution in [3.63, 3.8) is 0 Å². The first-order valence-electron chi connectivity index (χ1n) is 10.8. The standard InChI is InChI=1S/C25H29NO4S/c1-26(17-18-9-4-3-5-10-18)25(27)23-14-8-13-22-20(15-16-30-31(2,28)29)19-11-6-7-12-21(19)24(22)23/h3-7,9-12,20,23H,8,13-17H2,1-2H3. The fourth-order valence-corrected chi connectivity index (χ4v) is 5.45. The lowest BCUT2D eigenvalue weighted by Crippen LogP contribution is -2.34. The average molecular weight is 440 g/mol. The summed E-state index contributed by atoms with van der Waals surface area (Å²) < 4.78 is 27.9. The van der Waals surface area contributed by atoms with Crippen LogP contribution in [0.25, 0.3) is 5.57 Å². The summed E-state index contributed by atoms with van der Waals surface area (Å²) in [6.07, 6.45) is 4.44. The molecule has 2 aromatic rings. The van der Waals surface area contributed by atoms with Gasteiger partial charge in [-0.25, -0.2) is 0 Å². The van der Waals surface area contributed by atoms with Gasteiger partial charge in [-0.1, -0.05) is 60.2 Å². The highest BCUT2D eigenvalue weighted by atomic mass is 32.2. The molecule has 2 aliphatic carbocycles. The molecule has 4 rings (SSSR count). The van der Waals surface area contributed by atoms with Gasteiger partial charge in [0.1, 0.15) is 0 Å². The Hall–Kier alpha value is -2.44. The number of rotatable bonds is 7. The summed E-state index contributed by atoms with van der Waals surface area (Å²) in [6.45, 7) is 0.743. The minimum atomic E-state index is -3.46. The summed E-state index contributed by atoms with van der Waals surface area (Å²) in [5.74, 6) is 0.112. The second-order valence-electron chi connectivity index (χ2n) is 8.52. The topological polar surface area (TPSA) is 63.7 Å². The fraction of sp³-hybridized carbons (Fsp3) is 0.400. The van der Waals surface area contributed by atoms with Gasteiger partial charge in [-0.05, 0) is 47.9 Å². The van der Waals surface area contributed by atoms with Gasteiger partial charge in [-0.3, -0.25) is 8.98 Å². The van der Waals surface area contributed by atoms with Gasteiger partial charge in [0.05, 0.1) is 18.8 Å². The first kappa shape index (κ1) is 21.8. The number of hydrogen-bond donors (Lipinski definition) is 0. The Kier molecular flexibility index (Phi) is 6.30. The summed E-state index contributed by atoms with van der Waals surface area (Å²) in [5, 5.41) is 0. The number of carbonyl (C=O) groups is 1. The molecule has 0 saturated heterocycles. The molecule has 0 bridgehead atoms. The van der Waals surface area contributed by atoms with Crippen molar-refractivity contribution in [3.8, 4) is 0 Å². The lowest BCUT2D eigenvalue weighted by Gasteiger charge is -2.30. The molecule has 0 heterocycles. The van der Waals surface area contributed by atoms with Crippen LogP contribution in [0.5, 0.6) is 0 Å². The minimum Gasteiger partial charge on any atom is -0.341 e. The van der Waals surface area contributed by atoms with Crippen LogP contribution >= 0.6 is 0 Å². The van der Waals surface area contributed by atoms with Crippen molar-refractivity contribution in [1.82, 2.24) is 4.90 Å². The van der Waals surface area contributed by atoms with Crippen LogP contribution in [0.15, 0.2) is 60.2 Å². The maximum absolute atomic E-state index is 13.5. The van der Waals surface area contributed by atoms with Crippen LogP contribution in [-0.4, -0.2) is 39.1 Å². The van der Waals surface area contributed by atoms with Crippen molar-refractivity contribution < 1.29 is 17.4 Å². The van der Waals surface area contributed by atoms with Gasteiger partial charge in [0.2, 0.25) is 5.91 Å². The SMILES string of the molecule is CN(Cc1ccccc1)C(=O)C1CCCC2=C1c1ccccc1C2CCOS(C)(=O)=O. The lowest BCUT2D eigenvalue weighted by molar-refractivity contribution is -0.133. The minimum absolute atomic E-state index is 0.114. The summed E-state index contributed by atoms with van der Waals surface area (Å²) in [4.78, 5) is 15.3. The molecule has 0 aromatic heterocycles. The smallest absolute Gasteiger partial charge is 0.264 e. The molecular weight excluding hydrogens is 410 g/mol. The highest BCUT2D eigenvalue weighted by Gasteiger charge is 2.40. The molecule has 5 nitrogen and oxygen atoms in total. The third kappa shape index (κ3) is 4.75. The molecule has 0 saturated carbocycles. The van der Waals surface area contributed by atoms with E-state index < -0.39 is 10.1 Å². The predicted molar refractivity (Wildman–Crippen MR) is 122 cm³/mol. The van der Waals surface area contributed by atoms with Crippen LogP contribution in [0.2, 0.25) is 0 Å². The molecule has 0 spiro atoms. The van der Waals surface area contributed by atoms with Gasteiger partial charge >= 0.3 is 0 Å². The highest BCUT2D eigenvalue weighted by molar-refractivity contribution is 7.85. The van der Waals surface area contributed by atoms with Crippen LogP contribution in [0, 0.1) is 5.92 Å². The Labute approximate surface area is 184 Å². The summed E-state index contributed by atoms with van der Waals surface area (Å²) >= 11 is 0.